The molecule has 5 heteroatoms. The molecular formula is C15H21N3O2. The monoisotopic (exact) mass is 275 g/mol. The lowest BCUT2D eigenvalue weighted by molar-refractivity contribution is 0.0649. The topological polar surface area (TPSA) is 64.6 Å². The molecule has 2 heterocycles. The van der Waals surface area contributed by atoms with E-state index in [0.717, 1.165) is 37.4 Å². The first-order valence-electron chi connectivity index (χ1n) is 7.25. The van der Waals surface area contributed by atoms with E-state index < -0.39 is 0 Å². The predicted octanol–water partition coefficient (Wildman–Crippen LogP) is 1.37. The number of nitrogens with one attached hydrogen (secondary N) is 2. The summed E-state index contributed by atoms with van der Waals surface area (Å²) in [6.45, 7) is 4.53. The predicted molar refractivity (Wildman–Crippen MR) is 79.1 cm³/mol. The van der Waals surface area contributed by atoms with Crippen molar-refractivity contribution in [2.24, 2.45) is 5.92 Å². The van der Waals surface area contributed by atoms with Crippen molar-refractivity contribution in [3.05, 3.63) is 23.8 Å². The summed E-state index contributed by atoms with van der Waals surface area (Å²) in [6, 6.07) is 5.68. The maximum Gasteiger partial charge on any atom is 0.256 e. The quantitative estimate of drug-likeness (QED) is 0.762. The average Bonchev–Trinajstić information content (AvgIpc) is 2.86. The minimum atomic E-state index is -0.0603. The molecule has 0 aromatic heterocycles. The molecule has 1 saturated heterocycles. The van der Waals surface area contributed by atoms with Gasteiger partial charge in [-0.25, -0.2) is 0 Å². The number of rotatable bonds is 2. The lowest BCUT2D eigenvalue weighted by Gasteiger charge is -2.28. The summed E-state index contributed by atoms with van der Waals surface area (Å²) in [6.07, 6.45) is 0.956. The molecule has 1 amide bonds. The number of amides is 1. The van der Waals surface area contributed by atoms with Gasteiger partial charge in [0, 0.05) is 19.6 Å². The molecule has 2 aliphatic rings. The van der Waals surface area contributed by atoms with Crippen LogP contribution in [0.2, 0.25) is 0 Å². The number of likely N-dealkylation sites (tertiary alicyclic amines) is 1. The molecular weight excluding hydrogens is 254 g/mol. The number of fused-ring (bicyclic) bond motifs is 1. The molecule has 3 N–H and O–H groups in total. The molecule has 0 bridgehead atoms. The highest BCUT2D eigenvalue weighted by atomic mass is 16.3. The SMILES string of the molecule is CC1CCN(C(=O)c2cccc3c2NCCN3)C1CO. The summed E-state index contributed by atoms with van der Waals surface area (Å²) in [5.74, 6) is 0.371. The smallest absolute Gasteiger partial charge is 0.256 e. The maximum absolute atomic E-state index is 12.8. The number of hydrogen-bond donors (Lipinski definition) is 3. The Hall–Kier alpha value is -1.75. The Bertz CT molecular complexity index is 518. The van der Waals surface area contributed by atoms with Crippen LogP contribution in [0.25, 0.3) is 0 Å². The summed E-state index contributed by atoms with van der Waals surface area (Å²) in [5, 5.41) is 16.1. The molecule has 1 fully saturated rings. The zero-order valence-corrected chi connectivity index (χ0v) is 11.7. The van der Waals surface area contributed by atoms with E-state index in [-0.39, 0.29) is 18.6 Å². The second-order valence-corrected chi connectivity index (χ2v) is 5.60. The van der Waals surface area contributed by atoms with Gasteiger partial charge in [0.2, 0.25) is 0 Å². The maximum atomic E-state index is 12.8. The number of para-hydroxylation sites is 1. The van der Waals surface area contributed by atoms with Crippen LogP contribution < -0.4 is 10.6 Å². The highest BCUT2D eigenvalue weighted by molar-refractivity contribution is 6.03. The van der Waals surface area contributed by atoms with Crippen molar-refractivity contribution < 1.29 is 9.90 Å². The number of carbonyl (C=O) groups excluding carboxylic acids is 1. The molecule has 2 atom stereocenters. The average molecular weight is 275 g/mol. The van der Waals surface area contributed by atoms with Gasteiger partial charge in [-0.3, -0.25) is 4.79 Å². The van der Waals surface area contributed by atoms with Crippen molar-refractivity contribution in [1.82, 2.24) is 4.90 Å². The van der Waals surface area contributed by atoms with Crippen molar-refractivity contribution in [3.63, 3.8) is 0 Å². The second-order valence-electron chi connectivity index (χ2n) is 5.60. The van der Waals surface area contributed by atoms with Gasteiger partial charge in [0.1, 0.15) is 0 Å². The first-order chi connectivity index (χ1) is 9.72. The summed E-state index contributed by atoms with van der Waals surface area (Å²) >= 11 is 0. The van der Waals surface area contributed by atoms with Crippen molar-refractivity contribution in [2.75, 3.05) is 36.9 Å². The number of aliphatic hydroxyl groups excluding tert-OH is 1. The Morgan fingerprint density at radius 3 is 3.00 bits per heavy atom. The van der Waals surface area contributed by atoms with Crippen LogP contribution in [0.4, 0.5) is 11.4 Å². The summed E-state index contributed by atoms with van der Waals surface area (Å²) in [7, 11) is 0. The molecule has 5 nitrogen and oxygen atoms in total. The molecule has 0 radical (unpaired) electrons. The lowest BCUT2D eigenvalue weighted by Crippen LogP contribution is -2.40. The Kier molecular flexibility index (Phi) is 3.53. The third kappa shape index (κ3) is 2.12. The number of nitrogens with zero attached hydrogens (tertiary/aromatic N) is 1. The number of carbonyl (C=O) groups is 1. The minimum absolute atomic E-state index is 0.0152. The van der Waals surface area contributed by atoms with Gasteiger partial charge in [-0.1, -0.05) is 13.0 Å². The Labute approximate surface area is 119 Å². The first kappa shape index (κ1) is 13.2. The van der Waals surface area contributed by atoms with Crippen molar-refractivity contribution in [3.8, 4) is 0 Å². The van der Waals surface area contributed by atoms with Crippen LogP contribution in [-0.4, -0.2) is 48.2 Å². The largest absolute Gasteiger partial charge is 0.394 e. The molecule has 108 valence electrons. The fourth-order valence-corrected chi connectivity index (χ4v) is 3.15. The molecule has 3 rings (SSSR count). The molecule has 1 aromatic carbocycles. The van der Waals surface area contributed by atoms with Crippen LogP contribution in [0, 0.1) is 5.92 Å². The van der Waals surface area contributed by atoms with Crippen molar-refractivity contribution in [1.29, 1.82) is 0 Å². The van der Waals surface area contributed by atoms with Gasteiger partial charge in [0.15, 0.2) is 0 Å². The first-order valence-corrected chi connectivity index (χ1v) is 7.25. The van der Waals surface area contributed by atoms with E-state index in [2.05, 4.69) is 17.6 Å². The molecule has 0 aliphatic carbocycles. The van der Waals surface area contributed by atoms with E-state index in [1.54, 1.807) is 0 Å². The van der Waals surface area contributed by atoms with Gasteiger partial charge in [-0.05, 0) is 24.5 Å². The van der Waals surface area contributed by atoms with Gasteiger partial charge in [0.25, 0.3) is 5.91 Å². The van der Waals surface area contributed by atoms with E-state index >= 15 is 0 Å². The van der Waals surface area contributed by atoms with Gasteiger partial charge in [-0.2, -0.15) is 0 Å². The van der Waals surface area contributed by atoms with Gasteiger partial charge in [-0.15, -0.1) is 0 Å². The Balaban J connectivity index is 1.91. The molecule has 1 aromatic rings. The van der Waals surface area contributed by atoms with Crippen LogP contribution in [0.15, 0.2) is 18.2 Å². The van der Waals surface area contributed by atoms with E-state index in [1.807, 2.05) is 23.1 Å². The van der Waals surface area contributed by atoms with Crippen LogP contribution in [0.1, 0.15) is 23.7 Å². The number of anilines is 2. The molecule has 20 heavy (non-hydrogen) atoms. The number of benzene rings is 1. The van der Waals surface area contributed by atoms with Crippen molar-refractivity contribution in [2.45, 2.75) is 19.4 Å². The third-order valence-corrected chi connectivity index (χ3v) is 4.37. The van der Waals surface area contributed by atoms with E-state index in [0.29, 0.717) is 11.5 Å². The number of hydrogen-bond acceptors (Lipinski definition) is 4. The van der Waals surface area contributed by atoms with Crippen LogP contribution in [0.3, 0.4) is 0 Å². The van der Waals surface area contributed by atoms with Crippen LogP contribution in [0.5, 0.6) is 0 Å². The highest BCUT2D eigenvalue weighted by Crippen LogP contribution is 2.32. The molecule has 0 spiro atoms. The lowest BCUT2D eigenvalue weighted by atomic mass is 10.0. The highest BCUT2D eigenvalue weighted by Gasteiger charge is 2.35. The fourth-order valence-electron chi connectivity index (χ4n) is 3.15. The summed E-state index contributed by atoms with van der Waals surface area (Å²) in [4.78, 5) is 14.6. The third-order valence-electron chi connectivity index (χ3n) is 4.37. The van der Waals surface area contributed by atoms with E-state index in [4.69, 9.17) is 0 Å². The number of aliphatic hydroxyl groups is 1. The van der Waals surface area contributed by atoms with E-state index in [9.17, 15) is 9.90 Å². The summed E-state index contributed by atoms with van der Waals surface area (Å²) < 4.78 is 0. The standard InChI is InChI=1S/C15H21N3O2/c1-10-5-8-18(13(10)9-19)15(20)11-3-2-4-12-14(11)17-7-6-16-12/h2-4,10,13,16-17,19H,5-9H2,1H3. The van der Waals surface area contributed by atoms with Crippen molar-refractivity contribution >= 4 is 17.3 Å². The Morgan fingerprint density at radius 2 is 2.20 bits per heavy atom. The molecule has 2 unspecified atom stereocenters. The normalized spacial score (nSPS) is 24.8. The van der Waals surface area contributed by atoms with E-state index in [1.165, 1.54) is 0 Å². The van der Waals surface area contributed by atoms with Crippen LogP contribution in [-0.2, 0) is 0 Å². The summed E-state index contributed by atoms with van der Waals surface area (Å²) in [5.41, 5.74) is 2.57. The minimum Gasteiger partial charge on any atom is -0.394 e. The Morgan fingerprint density at radius 1 is 1.40 bits per heavy atom. The second kappa shape index (κ2) is 5.32. The van der Waals surface area contributed by atoms with Gasteiger partial charge in [0.05, 0.1) is 29.6 Å². The zero-order valence-electron chi connectivity index (χ0n) is 11.7. The molecule has 2 aliphatic heterocycles. The molecule has 0 saturated carbocycles. The van der Waals surface area contributed by atoms with Crippen LogP contribution >= 0.6 is 0 Å². The van der Waals surface area contributed by atoms with Gasteiger partial charge >= 0.3 is 0 Å². The fraction of sp³-hybridized carbons (Fsp3) is 0.533. The van der Waals surface area contributed by atoms with Gasteiger partial charge < -0.3 is 20.6 Å². The zero-order chi connectivity index (χ0) is 14.1.